The van der Waals surface area contributed by atoms with Crippen LogP contribution in [0.2, 0.25) is 0 Å². The molecule has 12 heteroatoms. The molecule has 220 valence electrons. The van der Waals surface area contributed by atoms with Crippen LogP contribution in [0.25, 0.3) is 22.1 Å². The summed E-state index contributed by atoms with van der Waals surface area (Å²) < 4.78 is 11.8. The number of allylic oxidation sites excluding steroid dienone is 1. The summed E-state index contributed by atoms with van der Waals surface area (Å²) in [5.74, 6) is 2.28. The molecule has 0 bridgehead atoms. The van der Waals surface area contributed by atoms with Gasteiger partial charge in [0.1, 0.15) is 23.6 Å². The van der Waals surface area contributed by atoms with E-state index < -0.39 is 0 Å². The van der Waals surface area contributed by atoms with Gasteiger partial charge >= 0.3 is 37.7 Å². The number of aromatic nitrogens is 5. The van der Waals surface area contributed by atoms with Crippen molar-refractivity contribution < 1.29 is 52.0 Å². The number of hydrogen-bond acceptors (Lipinski definition) is 8. The smallest absolute Gasteiger partial charge is 0.549 e. The second kappa shape index (κ2) is 18.0. The molecule has 0 saturated carbocycles. The van der Waals surface area contributed by atoms with Gasteiger partial charge in [-0.1, -0.05) is 0 Å². The molecular formula is C32H33Li2N7O3-4. The molecule has 0 aliphatic rings. The number of pyridine rings is 1. The van der Waals surface area contributed by atoms with E-state index in [1.165, 1.54) is 18.5 Å². The van der Waals surface area contributed by atoms with Gasteiger partial charge in [0.2, 0.25) is 0 Å². The molecule has 0 unspecified atom stereocenters. The first-order valence-electron chi connectivity index (χ1n) is 12.5. The molecule has 0 spiro atoms. The van der Waals surface area contributed by atoms with E-state index in [4.69, 9.17) is 9.47 Å². The summed E-state index contributed by atoms with van der Waals surface area (Å²) in [6, 6.07) is 13.3. The first-order chi connectivity index (χ1) is 19.5. The molecular weight excluding hydrogens is 544 g/mol. The number of nitrogens with one attached hydrogen (secondary N) is 2. The van der Waals surface area contributed by atoms with E-state index in [9.17, 15) is 4.79 Å². The van der Waals surface area contributed by atoms with Gasteiger partial charge in [-0.05, 0) is 61.1 Å². The van der Waals surface area contributed by atoms with Crippen LogP contribution in [0.15, 0.2) is 67.3 Å². The molecule has 3 heterocycles. The maximum Gasteiger partial charge on any atom is 1.00 e. The molecule has 44 heavy (non-hydrogen) atoms. The van der Waals surface area contributed by atoms with Crippen LogP contribution in [-0.2, 0) is 4.79 Å². The predicted molar refractivity (Wildman–Crippen MR) is 166 cm³/mol. The Kier molecular flexibility index (Phi) is 15.6. The van der Waals surface area contributed by atoms with Crippen molar-refractivity contribution in [2.75, 3.05) is 25.0 Å². The first-order valence-corrected chi connectivity index (χ1v) is 12.5. The maximum absolute atomic E-state index is 11.9. The molecule has 0 saturated heterocycles. The minimum Gasteiger partial charge on any atom is -0.549 e. The van der Waals surface area contributed by atoms with Gasteiger partial charge in [-0.2, -0.15) is 0 Å². The number of carbonyl (C=O) groups is 1. The molecule has 0 aliphatic carbocycles. The molecule has 0 aliphatic heterocycles. The molecule has 2 aromatic carbocycles. The maximum atomic E-state index is 11.9. The zero-order chi connectivity index (χ0) is 27.9. The van der Waals surface area contributed by atoms with E-state index in [0.29, 0.717) is 35.7 Å². The SMILES string of the molecule is [CH2-]/C=C/C(=O)N(C[CH2-])C[CH-]COc1[c-]nc2c(Nc3ccc(Oc4ccc5nc[nH]c5c4)c(C)c3)ncnc2c1.[CH3-].[CH3-].[Li+].[Li+]. The molecule has 10 nitrogen and oxygen atoms in total. The minimum atomic E-state index is -0.151. The summed E-state index contributed by atoms with van der Waals surface area (Å²) in [5.41, 5.74) is 4.72. The number of anilines is 2. The third-order valence-electron chi connectivity index (χ3n) is 6.00. The van der Waals surface area contributed by atoms with E-state index in [1.807, 2.05) is 49.7 Å². The Bertz CT molecular complexity index is 1680. The number of hydrogen-bond donors (Lipinski definition) is 2. The summed E-state index contributed by atoms with van der Waals surface area (Å²) in [6.45, 7) is 10.3. The first kappa shape index (κ1) is 38.1. The van der Waals surface area contributed by atoms with Crippen molar-refractivity contribution in [3.8, 4) is 17.2 Å². The van der Waals surface area contributed by atoms with Crippen molar-refractivity contribution in [3.63, 3.8) is 0 Å². The Balaban J connectivity index is 0.00000242. The van der Waals surface area contributed by atoms with Crippen molar-refractivity contribution in [3.05, 3.63) is 114 Å². The van der Waals surface area contributed by atoms with E-state index in [2.05, 4.69) is 50.3 Å². The van der Waals surface area contributed by atoms with Crippen LogP contribution < -0.4 is 52.5 Å². The van der Waals surface area contributed by atoms with Crippen LogP contribution in [0, 0.1) is 48.2 Å². The molecule has 2 N–H and O–H groups in total. The third-order valence-corrected chi connectivity index (χ3v) is 6.00. The third kappa shape index (κ3) is 9.29. The van der Waals surface area contributed by atoms with Gasteiger partial charge in [0, 0.05) is 23.0 Å². The number of imidazole rings is 1. The second-order valence-electron chi connectivity index (χ2n) is 8.76. The minimum absolute atomic E-state index is 0. The van der Waals surface area contributed by atoms with Gasteiger partial charge in [0.15, 0.2) is 5.91 Å². The number of ether oxygens (including phenoxy) is 2. The summed E-state index contributed by atoms with van der Waals surface area (Å²) >= 11 is 0. The molecule has 5 rings (SSSR count). The van der Waals surface area contributed by atoms with E-state index >= 15 is 0 Å². The quantitative estimate of drug-likeness (QED) is 0.0982. The van der Waals surface area contributed by atoms with Gasteiger partial charge in [-0.15, -0.1) is 25.2 Å². The van der Waals surface area contributed by atoms with E-state index in [0.717, 1.165) is 33.8 Å². The molecule has 0 atom stereocenters. The van der Waals surface area contributed by atoms with Crippen LogP contribution in [0.1, 0.15) is 5.56 Å². The topological polar surface area (TPSA) is 118 Å². The van der Waals surface area contributed by atoms with Crippen LogP contribution in [-0.4, -0.2) is 55.4 Å². The van der Waals surface area contributed by atoms with Crippen molar-refractivity contribution >= 4 is 39.5 Å². The predicted octanol–water partition coefficient (Wildman–Crippen LogP) is 0.0903. The number of aryl methyl sites for hydroxylation is 1. The summed E-state index contributed by atoms with van der Waals surface area (Å²) in [4.78, 5) is 33.9. The average Bonchev–Trinajstić information content (AvgIpc) is 3.43. The fourth-order valence-corrected chi connectivity index (χ4v) is 3.98. The summed E-state index contributed by atoms with van der Waals surface area (Å²) in [6.07, 6.45) is 10.7. The largest absolute Gasteiger partial charge is 1.00 e. The monoisotopic (exact) mass is 577 g/mol. The van der Waals surface area contributed by atoms with Crippen molar-refractivity contribution in [1.82, 2.24) is 29.8 Å². The standard InChI is InChI=1S/C30H27N7O3.2CH3.2Li/c1-4-7-28(38)37(5-2)12-6-13-39-23-16-26-29(31-17-23)30(35-19-34-26)36-21-8-11-27(20(3)14-21)40-22-9-10-24-25(15-22)33-18-32-24;;;;/h4,6-11,14-16,18-19H,1-2,5,12-13H2,3H3,(H,32,33)(H,34,35,36);2*1H3;;/q-4;2*-1;2*+1/b7-4+;;;;. The molecule has 0 fully saturated rings. The Morgan fingerprint density at radius 1 is 1.11 bits per heavy atom. The van der Waals surface area contributed by atoms with Gasteiger partial charge in [0.05, 0.1) is 17.4 Å². The fraction of sp³-hybridized carbons (Fsp3) is 0.125. The molecule has 5 aromatic rings. The zero-order valence-corrected chi connectivity index (χ0v) is 25.9. The number of nitrogens with zero attached hydrogens (tertiary/aromatic N) is 5. The Hall–Kier alpha value is -3.93. The van der Waals surface area contributed by atoms with Crippen molar-refractivity contribution in [2.45, 2.75) is 6.92 Å². The number of fused-ring (bicyclic) bond motifs is 2. The van der Waals surface area contributed by atoms with Gasteiger partial charge in [-0.25, -0.2) is 23.0 Å². The van der Waals surface area contributed by atoms with E-state index in [1.54, 1.807) is 17.3 Å². The number of benzene rings is 2. The fourth-order valence-electron chi connectivity index (χ4n) is 3.98. The Labute approximate surface area is 283 Å². The Morgan fingerprint density at radius 2 is 1.93 bits per heavy atom. The number of carbonyl (C=O) groups excluding carboxylic acids is 1. The normalized spacial score (nSPS) is 10.2. The average molecular weight is 578 g/mol. The zero-order valence-electron chi connectivity index (χ0n) is 25.9. The number of rotatable bonds is 11. The van der Waals surface area contributed by atoms with Gasteiger partial charge in [0.25, 0.3) is 0 Å². The molecule has 3 aromatic heterocycles. The number of aromatic amines is 1. The van der Waals surface area contributed by atoms with Gasteiger partial charge in [-0.3, -0.25) is 16.2 Å². The molecule has 0 radical (unpaired) electrons. The van der Waals surface area contributed by atoms with Crippen molar-refractivity contribution in [2.24, 2.45) is 0 Å². The summed E-state index contributed by atoms with van der Waals surface area (Å²) in [5, 5.41) is 3.31. The van der Waals surface area contributed by atoms with Crippen LogP contribution in [0.5, 0.6) is 17.2 Å². The van der Waals surface area contributed by atoms with Crippen LogP contribution in [0.3, 0.4) is 0 Å². The number of H-pyrrole nitrogens is 1. The second-order valence-corrected chi connectivity index (χ2v) is 8.76. The van der Waals surface area contributed by atoms with E-state index in [-0.39, 0.29) is 65.1 Å². The number of amides is 1. The van der Waals surface area contributed by atoms with Crippen molar-refractivity contribution in [1.29, 1.82) is 0 Å². The van der Waals surface area contributed by atoms with Gasteiger partial charge < -0.3 is 51.4 Å². The van der Waals surface area contributed by atoms with Crippen LogP contribution >= 0.6 is 0 Å². The Morgan fingerprint density at radius 3 is 2.68 bits per heavy atom. The summed E-state index contributed by atoms with van der Waals surface area (Å²) in [7, 11) is 0. The molecule has 1 amide bonds. The van der Waals surface area contributed by atoms with Crippen LogP contribution in [0.4, 0.5) is 11.5 Å².